The average Bonchev–Trinajstić information content (AvgIpc) is 3.55. The summed E-state index contributed by atoms with van der Waals surface area (Å²) < 4.78 is 2.09. The van der Waals surface area contributed by atoms with Crippen LogP contribution in [-0.4, -0.2) is 60.4 Å². The van der Waals surface area contributed by atoms with E-state index in [2.05, 4.69) is 87.1 Å². The number of nitrogens with zero attached hydrogens (tertiary/aromatic N) is 7. The van der Waals surface area contributed by atoms with E-state index in [4.69, 9.17) is 15.0 Å². The minimum absolute atomic E-state index is 0.333. The molecular formula is C31H29BN8. The molecule has 0 bridgehead atoms. The number of pyridine rings is 1. The van der Waals surface area contributed by atoms with Crippen molar-refractivity contribution in [2.75, 3.05) is 13.1 Å². The van der Waals surface area contributed by atoms with Gasteiger partial charge in [0.1, 0.15) is 5.69 Å². The topological polar surface area (TPSA) is 87.9 Å². The molecule has 0 radical (unpaired) electrons. The van der Waals surface area contributed by atoms with Crippen LogP contribution < -0.4 is 5.59 Å². The maximum atomic E-state index is 5.01. The molecule has 0 saturated carbocycles. The summed E-state index contributed by atoms with van der Waals surface area (Å²) in [6.45, 7) is 6.79. The highest BCUT2D eigenvalue weighted by Gasteiger charge is 2.31. The van der Waals surface area contributed by atoms with E-state index in [0.717, 1.165) is 82.1 Å². The van der Waals surface area contributed by atoms with Gasteiger partial charge in [-0.25, -0.2) is 19.9 Å². The first-order valence-corrected chi connectivity index (χ1v) is 13.6. The van der Waals surface area contributed by atoms with Gasteiger partial charge in [-0.2, -0.15) is 5.10 Å². The van der Waals surface area contributed by atoms with Gasteiger partial charge in [-0.3, -0.25) is 14.4 Å². The molecule has 40 heavy (non-hydrogen) atoms. The number of fused-ring (bicyclic) bond motifs is 1. The van der Waals surface area contributed by atoms with Crippen LogP contribution in [0, 0.1) is 13.8 Å². The Morgan fingerprint density at radius 2 is 1.65 bits per heavy atom. The smallest absolute Gasteiger partial charge is 0.233 e. The molecule has 1 aliphatic rings. The van der Waals surface area contributed by atoms with Gasteiger partial charge in [-0.15, -0.1) is 0 Å². The molecule has 1 N–H and O–H groups in total. The molecule has 0 atom stereocenters. The van der Waals surface area contributed by atoms with Crippen molar-refractivity contribution in [2.45, 2.75) is 26.3 Å². The van der Waals surface area contributed by atoms with Crippen molar-refractivity contribution in [3.8, 4) is 33.9 Å². The molecule has 7 rings (SSSR count). The normalized spacial score (nSPS) is 14.1. The van der Waals surface area contributed by atoms with Crippen molar-refractivity contribution < 1.29 is 0 Å². The number of rotatable bonds is 6. The van der Waals surface area contributed by atoms with Gasteiger partial charge in [-0.05, 0) is 37.1 Å². The van der Waals surface area contributed by atoms with E-state index in [-0.39, 0.29) is 0 Å². The van der Waals surface area contributed by atoms with Crippen LogP contribution in [0.2, 0.25) is 0 Å². The maximum Gasteiger partial charge on any atom is 0.233 e. The lowest BCUT2D eigenvalue weighted by atomic mass is 9.97. The first-order valence-electron chi connectivity index (χ1n) is 13.6. The third-order valence-corrected chi connectivity index (χ3v) is 7.77. The second-order valence-electron chi connectivity index (χ2n) is 10.6. The standard InChI is InChI=1S/C31H29BN8/c1-19-7-6-10-26(33-19)30-36-29(37-38-30)24-16-39(17-24)15-21-11-13-23(14-12-21)27-25(22-8-4-3-5-9-22)18-40-28(32)20(2)34-31(40)35-27/h3-14,18,24H,15-17,32H2,1-2H3,(H,36,37,38). The third-order valence-electron chi connectivity index (χ3n) is 7.77. The lowest BCUT2D eigenvalue weighted by Gasteiger charge is -2.37. The zero-order valence-corrected chi connectivity index (χ0v) is 22.8. The summed E-state index contributed by atoms with van der Waals surface area (Å²) in [7, 11) is 2.09. The molecule has 1 aliphatic heterocycles. The van der Waals surface area contributed by atoms with Gasteiger partial charge in [0.05, 0.1) is 11.4 Å². The SMILES string of the molecule is Bc1c(C)nc2nc(-c3ccc(CN4CC(c5n[nH]c(-c6cccc(C)n6)n5)C4)cc3)c(-c3ccccc3)cn12. The molecular weight excluding hydrogens is 495 g/mol. The Labute approximate surface area is 233 Å². The molecule has 0 aliphatic carbocycles. The molecule has 9 heteroatoms. The number of hydrogen-bond acceptors (Lipinski definition) is 6. The predicted octanol–water partition coefficient (Wildman–Crippen LogP) is 3.72. The molecule has 1 fully saturated rings. The summed E-state index contributed by atoms with van der Waals surface area (Å²) in [5.41, 5.74) is 9.46. The summed E-state index contributed by atoms with van der Waals surface area (Å²) in [6.07, 6.45) is 2.17. The van der Waals surface area contributed by atoms with Crippen LogP contribution in [0.25, 0.3) is 39.7 Å². The van der Waals surface area contributed by atoms with E-state index in [1.807, 2.05) is 38.1 Å². The van der Waals surface area contributed by atoms with E-state index >= 15 is 0 Å². The molecule has 1 saturated heterocycles. The largest absolute Gasteiger partial charge is 0.298 e. The quantitative estimate of drug-likeness (QED) is 0.335. The second-order valence-corrected chi connectivity index (χ2v) is 10.6. The molecule has 196 valence electrons. The number of nitrogens with one attached hydrogen (secondary N) is 1. The van der Waals surface area contributed by atoms with E-state index in [1.165, 1.54) is 5.56 Å². The van der Waals surface area contributed by atoms with Crippen LogP contribution in [0.4, 0.5) is 0 Å². The minimum Gasteiger partial charge on any atom is -0.298 e. The van der Waals surface area contributed by atoms with Gasteiger partial charge in [0, 0.05) is 54.2 Å². The minimum atomic E-state index is 0.333. The number of imidazole rings is 1. The van der Waals surface area contributed by atoms with Crippen molar-refractivity contribution in [3.63, 3.8) is 0 Å². The summed E-state index contributed by atoms with van der Waals surface area (Å²) in [4.78, 5) is 21.4. The molecule has 8 nitrogen and oxygen atoms in total. The number of aromatic amines is 1. The van der Waals surface area contributed by atoms with E-state index in [9.17, 15) is 0 Å². The van der Waals surface area contributed by atoms with Crippen molar-refractivity contribution >= 4 is 19.2 Å². The molecule has 6 aromatic rings. The zero-order chi connectivity index (χ0) is 27.2. The maximum absolute atomic E-state index is 5.01. The Hall–Kier alpha value is -4.63. The predicted molar refractivity (Wildman–Crippen MR) is 159 cm³/mol. The van der Waals surface area contributed by atoms with Crippen LogP contribution in [0.15, 0.2) is 79.0 Å². The third kappa shape index (κ3) is 4.48. The molecule has 0 spiro atoms. The fourth-order valence-corrected chi connectivity index (χ4v) is 5.38. The molecule has 0 unspecified atom stereocenters. The van der Waals surface area contributed by atoms with Crippen molar-refractivity contribution in [3.05, 3.63) is 102 Å². The van der Waals surface area contributed by atoms with E-state index in [0.29, 0.717) is 5.92 Å². The highest BCUT2D eigenvalue weighted by atomic mass is 15.3. The summed E-state index contributed by atoms with van der Waals surface area (Å²) in [5.74, 6) is 2.66. The Kier molecular flexibility index (Phi) is 6.01. The first kappa shape index (κ1) is 24.4. The van der Waals surface area contributed by atoms with Crippen LogP contribution in [0.3, 0.4) is 0 Å². The Balaban J connectivity index is 1.07. The Morgan fingerprint density at radius 3 is 2.42 bits per heavy atom. The highest BCUT2D eigenvalue weighted by Crippen LogP contribution is 2.32. The van der Waals surface area contributed by atoms with Crippen molar-refractivity contribution in [2.24, 2.45) is 0 Å². The highest BCUT2D eigenvalue weighted by molar-refractivity contribution is 6.32. The van der Waals surface area contributed by atoms with Crippen LogP contribution in [-0.2, 0) is 6.54 Å². The molecule has 5 heterocycles. The average molecular weight is 524 g/mol. The number of aryl methyl sites for hydroxylation is 2. The number of likely N-dealkylation sites (tertiary alicyclic amines) is 1. The number of benzene rings is 2. The summed E-state index contributed by atoms with van der Waals surface area (Å²) >= 11 is 0. The van der Waals surface area contributed by atoms with Crippen LogP contribution >= 0.6 is 0 Å². The van der Waals surface area contributed by atoms with Crippen LogP contribution in [0.5, 0.6) is 0 Å². The fraction of sp³-hybridized carbons (Fsp3) is 0.194. The summed E-state index contributed by atoms with van der Waals surface area (Å²) in [5, 5.41) is 7.54. The number of H-pyrrole nitrogens is 1. The second kappa shape index (κ2) is 9.84. The monoisotopic (exact) mass is 524 g/mol. The van der Waals surface area contributed by atoms with Gasteiger partial charge < -0.3 is 0 Å². The number of aromatic nitrogens is 7. The Bertz CT molecular complexity index is 1820. The summed E-state index contributed by atoms with van der Waals surface area (Å²) in [6, 6.07) is 25.1. The van der Waals surface area contributed by atoms with Crippen molar-refractivity contribution in [1.29, 1.82) is 0 Å². The molecule has 0 amide bonds. The zero-order valence-electron chi connectivity index (χ0n) is 22.8. The van der Waals surface area contributed by atoms with Gasteiger partial charge >= 0.3 is 0 Å². The van der Waals surface area contributed by atoms with Crippen LogP contribution in [0.1, 0.15) is 28.7 Å². The fourth-order valence-electron chi connectivity index (χ4n) is 5.38. The first-order chi connectivity index (χ1) is 19.5. The molecule has 2 aromatic carbocycles. The van der Waals surface area contributed by atoms with E-state index < -0.39 is 0 Å². The lowest BCUT2D eigenvalue weighted by Crippen LogP contribution is -2.44. The van der Waals surface area contributed by atoms with Crippen molar-refractivity contribution in [1.82, 2.24) is 39.4 Å². The van der Waals surface area contributed by atoms with Gasteiger partial charge in [-0.1, -0.05) is 60.7 Å². The Morgan fingerprint density at radius 1 is 0.850 bits per heavy atom. The number of hydrogen-bond donors (Lipinski definition) is 1. The van der Waals surface area contributed by atoms with E-state index in [1.54, 1.807) is 0 Å². The lowest BCUT2D eigenvalue weighted by molar-refractivity contribution is 0.135. The molecule has 4 aromatic heterocycles. The van der Waals surface area contributed by atoms with Gasteiger partial charge in [0.2, 0.25) is 5.78 Å². The van der Waals surface area contributed by atoms with Gasteiger partial charge in [0.15, 0.2) is 19.5 Å². The van der Waals surface area contributed by atoms with Gasteiger partial charge in [0.25, 0.3) is 0 Å².